The van der Waals surface area contributed by atoms with Crippen molar-refractivity contribution in [2.45, 2.75) is 47.2 Å². The number of nitrogens with one attached hydrogen (secondary N) is 1. The highest BCUT2D eigenvalue weighted by Crippen LogP contribution is 2.23. The molecular formula is C16H22ClN3. The Balaban J connectivity index is 2.47. The highest BCUT2D eigenvalue weighted by atomic mass is 35.5. The molecule has 0 fully saturated rings. The van der Waals surface area contributed by atoms with Crippen molar-refractivity contribution in [1.82, 2.24) is 15.1 Å². The molecule has 0 saturated heterocycles. The van der Waals surface area contributed by atoms with E-state index in [4.69, 9.17) is 11.6 Å². The summed E-state index contributed by atoms with van der Waals surface area (Å²) >= 11 is 6.14. The highest BCUT2D eigenvalue weighted by molar-refractivity contribution is 6.30. The summed E-state index contributed by atoms with van der Waals surface area (Å²) < 4.78 is 2.01. The van der Waals surface area contributed by atoms with Crippen molar-refractivity contribution in [2.75, 3.05) is 0 Å². The summed E-state index contributed by atoms with van der Waals surface area (Å²) in [6, 6.07) is 6.40. The topological polar surface area (TPSA) is 29.9 Å². The third-order valence-corrected chi connectivity index (χ3v) is 3.86. The van der Waals surface area contributed by atoms with Crippen molar-refractivity contribution in [3.8, 4) is 5.69 Å². The number of aryl methyl sites for hydroxylation is 1. The van der Waals surface area contributed by atoms with E-state index in [9.17, 15) is 0 Å². The zero-order valence-electron chi connectivity index (χ0n) is 12.8. The van der Waals surface area contributed by atoms with E-state index in [0.29, 0.717) is 6.04 Å². The predicted molar refractivity (Wildman–Crippen MR) is 84.8 cm³/mol. The van der Waals surface area contributed by atoms with Crippen molar-refractivity contribution < 1.29 is 0 Å². The fourth-order valence-electron chi connectivity index (χ4n) is 2.17. The molecule has 0 radical (unpaired) electrons. The molecule has 108 valence electrons. The van der Waals surface area contributed by atoms with Crippen molar-refractivity contribution in [3.05, 3.63) is 45.7 Å². The van der Waals surface area contributed by atoms with Crippen LogP contribution in [-0.2, 0) is 6.54 Å². The molecule has 1 heterocycles. The quantitative estimate of drug-likeness (QED) is 0.924. The van der Waals surface area contributed by atoms with Gasteiger partial charge < -0.3 is 5.32 Å². The Hall–Kier alpha value is -1.32. The van der Waals surface area contributed by atoms with Crippen LogP contribution in [0.3, 0.4) is 0 Å². The maximum absolute atomic E-state index is 6.14. The number of hydrogen-bond donors (Lipinski definition) is 1. The minimum Gasteiger partial charge on any atom is -0.310 e. The molecule has 2 rings (SSSR count). The van der Waals surface area contributed by atoms with E-state index in [2.05, 4.69) is 38.1 Å². The van der Waals surface area contributed by atoms with Crippen LogP contribution in [0.2, 0.25) is 5.02 Å². The molecule has 1 N–H and O–H groups in total. The summed E-state index contributed by atoms with van der Waals surface area (Å²) in [7, 11) is 0. The smallest absolute Gasteiger partial charge is 0.0694 e. The van der Waals surface area contributed by atoms with Crippen molar-refractivity contribution in [1.29, 1.82) is 0 Å². The van der Waals surface area contributed by atoms with Gasteiger partial charge in [-0.05, 0) is 50.1 Å². The Kier molecular flexibility index (Phi) is 4.51. The van der Waals surface area contributed by atoms with Gasteiger partial charge in [0.25, 0.3) is 0 Å². The molecular weight excluding hydrogens is 270 g/mol. The van der Waals surface area contributed by atoms with Gasteiger partial charge >= 0.3 is 0 Å². The van der Waals surface area contributed by atoms with Gasteiger partial charge in [-0.1, -0.05) is 25.4 Å². The SMILES string of the molecule is Cc1nn(-c2ccc(Cl)cc2CNC(C)C)c(C)c1C. The zero-order valence-corrected chi connectivity index (χ0v) is 13.5. The molecule has 1 aromatic carbocycles. The average Bonchev–Trinajstić information content (AvgIpc) is 2.64. The highest BCUT2D eigenvalue weighted by Gasteiger charge is 2.13. The molecule has 0 atom stereocenters. The maximum Gasteiger partial charge on any atom is 0.0694 e. The van der Waals surface area contributed by atoms with Crippen molar-refractivity contribution in [2.24, 2.45) is 0 Å². The monoisotopic (exact) mass is 291 g/mol. The molecule has 0 aliphatic rings. The minimum absolute atomic E-state index is 0.434. The normalized spacial score (nSPS) is 11.3. The average molecular weight is 292 g/mol. The summed E-state index contributed by atoms with van der Waals surface area (Å²) in [6.07, 6.45) is 0. The second-order valence-electron chi connectivity index (χ2n) is 5.52. The van der Waals surface area contributed by atoms with Gasteiger partial charge in [-0.3, -0.25) is 0 Å². The van der Waals surface area contributed by atoms with E-state index in [1.54, 1.807) is 0 Å². The fraction of sp³-hybridized carbons (Fsp3) is 0.438. The van der Waals surface area contributed by atoms with E-state index in [1.807, 2.05) is 29.8 Å². The van der Waals surface area contributed by atoms with E-state index in [-0.39, 0.29) is 0 Å². The van der Waals surface area contributed by atoms with Gasteiger partial charge in [-0.25, -0.2) is 4.68 Å². The number of benzene rings is 1. The van der Waals surface area contributed by atoms with Gasteiger partial charge in [0.2, 0.25) is 0 Å². The van der Waals surface area contributed by atoms with Crippen LogP contribution < -0.4 is 5.32 Å². The lowest BCUT2D eigenvalue weighted by Crippen LogP contribution is -2.23. The summed E-state index contributed by atoms with van der Waals surface area (Å²) in [6.45, 7) is 11.3. The Morgan fingerprint density at radius 3 is 2.50 bits per heavy atom. The summed E-state index contributed by atoms with van der Waals surface area (Å²) in [5.41, 5.74) is 5.74. The van der Waals surface area contributed by atoms with E-state index in [0.717, 1.165) is 28.5 Å². The van der Waals surface area contributed by atoms with Gasteiger partial charge in [0.05, 0.1) is 11.4 Å². The first kappa shape index (κ1) is 15.1. The third-order valence-electron chi connectivity index (χ3n) is 3.62. The van der Waals surface area contributed by atoms with E-state index < -0.39 is 0 Å². The van der Waals surface area contributed by atoms with Crippen LogP contribution in [0.4, 0.5) is 0 Å². The third kappa shape index (κ3) is 3.05. The summed E-state index contributed by atoms with van der Waals surface area (Å²) in [4.78, 5) is 0. The number of nitrogens with zero attached hydrogens (tertiary/aromatic N) is 2. The largest absolute Gasteiger partial charge is 0.310 e. The lowest BCUT2D eigenvalue weighted by atomic mass is 10.1. The Labute approximate surface area is 126 Å². The predicted octanol–water partition coefficient (Wildman–Crippen LogP) is 3.95. The molecule has 0 amide bonds. The number of hydrogen-bond acceptors (Lipinski definition) is 2. The first-order valence-corrected chi connectivity index (χ1v) is 7.33. The van der Waals surface area contributed by atoms with Crippen LogP contribution in [0.25, 0.3) is 5.69 Å². The molecule has 0 aliphatic heterocycles. The Morgan fingerprint density at radius 1 is 1.25 bits per heavy atom. The molecule has 0 saturated carbocycles. The Morgan fingerprint density at radius 2 is 1.95 bits per heavy atom. The molecule has 0 aliphatic carbocycles. The number of halogens is 1. The number of rotatable bonds is 4. The van der Waals surface area contributed by atoms with E-state index >= 15 is 0 Å². The molecule has 4 heteroatoms. The first-order chi connectivity index (χ1) is 9.40. The standard InChI is InChI=1S/C16H22ClN3/c1-10(2)18-9-14-8-15(17)6-7-16(14)20-13(5)11(3)12(4)19-20/h6-8,10,18H,9H2,1-5H3. The van der Waals surface area contributed by atoms with Gasteiger partial charge in [0.15, 0.2) is 0 Å². The fourth-order valence-corrected chi connectivity index (χ4v) is 2.37. The molecule has 3 nitrogen and oxygen atoms in total. The molecule has 20 heavy (non-hydrogen) atoms. The van der Waals surface area contributed by atoms with Crippen LogP contribution in [0.1, 0.15) is 36.4 Å². The lowest BCUT2D eigenvalue weighted by Gasteiger charge is -2.14. The second-order valence-corrected chi connectivity index (χ2v) is 5.95. The molecule has 2 aromatic rings. The number of aromatic nitrogens is 2. The Bertz CT molecular complexity index is 614. The van der Waals surface area contributed by atoms with Crippen LogP contribution >= 0.6 is 11.6 Å². The van der Waals surface area contributed by atoms with Gasteiger partial charge in [-0.15, -0.1) is 0 Å². The second kappa shape index (κ2) is 5.98. The molecule has 1 aromatic heterocycles. The van der Waals surface area contributed by atoms with Crippen LogP contribution in [-0.4, -0.2) is 15.8 Å². The van der Waals surface area contributed by atoms with Crippen molar-refractivity contribution in [3.63, 3.8) is 0 Å². The molecule has 0 spiro atoms. The molecule has 0 unspecified atom stereocenters. The van der Waals surface area contributed by atoms with Gasteiger partial charge in [0, 0.05) is 23.3 Å². The minimum atomic E-state index is 0.434. The van der Waals surface area contributed by atoms with Crippen LogP contribution in [0, 0.1) is 20.8 Å². The summed E-state index contributed by atoms with van der Waals surface area (Å²) in [5, 5.41) is 8.84. The first-order valence-electron chi connectivity index (χ1n) is 6.95. The van der Waals surface area contributed by atoms with Crippen molar-refractivity contribution >= 4 is 11.6 Å². The zero-order chi connectivity index (χ0) is 14.9. The van der Waals surface area contributed by atoms with E-state index in [1.165, 1.54) is 11.3 Å². The van der Waals surface area contributed by atoms with Crippen LogP contribution in [0.5, 0.6) is 0 Å². The summed E-state index contributed by atoms with van der Waals surface area (Å²) in [5.74, 6) is 0. The van der Waals surface area contributed by atoms with Crippen LogP contribution in [0.15, 0.2) is 18.2 Å². The molecule has 0 bridgehead atoms. The maximum atomic E-state index is 6.14. The lowest BCUT2D eigenvalue weighted by molar-refractivity contribution is 0.586. The van der Waals surface area contributed by atoms with Gasteiger partial charge in [-0.2, -0.15) is 5.10 Å². The van der Waals surface area contributed by atoms with Gasteiger partial charge in [0.1, 0.15) is 0 Å².